The molecule has 0 aromatic carbocycles. The zero-order chi connectivity index (χ0) is 15.3. The second-order valence-electron chi connectivity index (χ2n) is 6.33. The number of hydrogen-bond donors (Lipinski definition) is 2. The molecule has 0 bridgehead atoms. The van der Waals surface area contributed by atoms with Gasteiger partial charge < -0.3 is 20.1 Å². The van der Waals surface area contributed by atoms with Crippen LogP contribution in [-0.4, -0.2) is 49.3 Å². The molecule has 1 amide bonds. The molecular formula is C14H26N2O4. The monoisotopic (exact) mass is 286 g/mol. The van der Waals surface area contributed by atoms with Gasteiger partial charge in [-0.25, -0.2) is 4.79 Å². The van der Waals surface area contributed by atoms with Gasteiger partial charge in [0.05, 0.1) is 12.6 Å². The summed E-state index contributed by atoms with van der Waals surface area (Å²) in [5.74, 6) is -0.140. The van der Waals surface area contributed by atoms with Crippen LogP contribution in [0.1, 0.15) is 34.6 Å². The third-order valence-corrected chi connectivity index (χ3v) is 2.89. The molecule has 6 heteroatoms. The van der Waals surface area contributed by atoms with Crippen LogP contribution in [0.5, 0.6) is 0 Å². The molecule has 0 aromatic heterocycles. The van der Waals surface area contributed by atoms with Crippen molar-refractivity contribution >= 4 is 11.9 Å². The largest absolute Gasteiger partial charge is 0.444 e. The minimum absolute atomic E-state index is 0.0273. The van der Waals surface area contributed by atoms with Crippen molar-refractivity contribution in [2.45, 2.75) is 52.4 Å². The van der Waals surface area contributed by atoms with Crippen LogP contribution in [0.4, 0.5) is 4.79 Å². The summed E-state index contributed by atoms with van der Waals surface area (Å²) < 4.78 is 10.6. The van der Waals surface area contributed by atoms with Gasteiger partial charge in [-0.2, -0.15) is 0 Å². The third-order valence-electron chi connectivity index (χ3n) is 2.89. The smallest absolute Gasteiger partial charge is 0.408 e. The number of nitrogens with one attached hydrogen (secondary N) is 2. The fourth-order valence-corrected chi connectivity index (χ4v) is 1.95. The maximum Gasteiger partial charge on any atom is 0.408 e. The fraction of sp³-hybridized carbons (Fsp3) is 0.857. The van der Waals surface area contributed by atoms with Gasteiger partial charge in [0.15, 0.2) is 5.78 Å². The maximum absolute atomic E-state index is 12.4. The molecule has 0 spiro atoms. The van der Waals surface area contributed by atoms with Crippen molar-refractivity contribution in [2.24, 2.45) is 5.92 Å². The number of morpholine rings is 1. The number of rotatable bonds is 4. The van der Waals surface area contributed by atoms with Crippen molar-refractivity contribution < 1.29 is 19.1 Å². The number of amides is 1. The Bertz CT molecular complexity index is 344. The van der Waals surface area contributed by atoms with Gasteiger partial charge in [-0.1, -0.05) is 13.8 Å². The van der Waals surface area contributed by atoms with Crippen molar-refractivity contribution in [3.8, 4) is 0 Å². The highest BCUT2D eigenvalue weighted by atomic mass is 16.6. The lowest BCUT2D eigenvalue weighted by Crippen LogP contribution is -2.54. The van der Waals surface area contributed by atoms with Crippen LogP contribution in [-0.2, 0) is 14.3 Å². The van der Waals surface area contributed by atoms with E-state index in [9.17, 15) is 9.59 Å². The van der Waals surface area contributed by atoms with E-state index in [-0.39, 0.29) is 11.7 Å². The average Bonchev–Trinajstić information content (AvgIpc) is 2.34. The number of alkyl carbamates (subject to hydrolysis) is 1. The normalized spacial score (nSPS) is 21.4. The zero-order valence-corrected chi connectivity index (χ0v) is 13.0. The molecule has 20 heavy (non-hydrogen) atoms. The topological polar surface area (TPSA) is 76.7 Å². The van der Waals surface area contributed by atoms with Crippen molar-refractivity contribution in [2.75, 3.05) is 19.7 Å². The second kappa shape index (κ2) is 7.04. The molecule has 6 nitrogen and oxygen atoms in total. The van der Waals surface area contributed by atoms with Crippen molar-refractivity contribution in [3.63, 3.8) is 0 Å². The van der Waals surface area contributed by atoms with E-state index in [0.29, 0.717) is 13.2 Å². The Kier molecular flexibility index (Phi) is 5.95. The van der Waals surface area contributed by atoms with E-state index in [2.05, 4.69) is 10.6 Å². The summed E-state index contributed by atoms with van der Waals surface area (Å²) in [6.45, 7) is 10.9. The molecule has 0 saturated carbocycles. The Hall–Kier alpha value is -1.14. The number of ether oxygens (including phenoxy) is 2. The Morgan fingerprint density at radius 3 is 2.45 bits per heavy atom. The van der Waals surface area contributed by atoms with Crippen molar-refractivity contribution in [1.29, 1.82) is 0 Å². The van der Waals surface area contributed by atoms with Gasteiger partial charge in [0, 0.05) is 13.1 Å². The molecule has 1 rings (SSSR count). The van der Waals surface area contributed by atoms with E-state index in [4.69, 9.17) is 9.47 Å². The molecule has 2 unspecified atom stereocenters. The zero-order valence-electron chi connectivity index (χ0n) is 13.0. The molecule has 1 saturated heterocycles. The molecule has 1 fully saturated rings. The molecule has 1 aliphatic heterocycles. The Morgan fingerprint density at radius 2 is 2.00 bits per heavy atom. The van der Waals surface area contributed by atoms with E-state index in [1.807, 2.05) is 13.8 Å². The number of carbonyl (C=O) groups excluding carboxylic acids is 2. The number of ketones is 1. The van der Waals surface area contributed by atoms with Gasteiger partial charge in [0.2, 0.25) is 0 Å². The van der Waals surface area contributed by atoms with Gasteiger partial charge in [0.25, 0.3) is 0 Å². The lowest BCUT2D eigenvalue weighted by Gasteiger charge is -2.29. The van der Waals surface area contributed by atoms with E-state index < -0.39 is 23.8 Å². The van der Waals surface area contributed by atoms with Crippen LogP contribution in [0.15, 0.2) is 0 Å². The second-order valence-corrected chi connectivity index (χ2v) is 6.33. The molecular weight excluding hydrogens is 260 g/mol. The van der Waals surface area contributed by atoms with Gasteiger partial charge >= 0.3 is 6.09 Å². The highest BCUT2D eigenvalue weighted by Crippen LogP contribution is 2.12. The van der Waals surface area contributed by atoms with Crippen LogP contribution >= 0.6 is 0 Å². The minimum atomic E-state index is -0.602. The molecule has 1 aliphatic rings. The summed E-state index contributed by atoms with van der Waals surface area (Å²) in [7, 11) is 0. The van der Waals surface area contributed by atoms with E-state index in [1.54, 1.807) is 20.8 Å². The first-order chi connectivity index (χ1) is 9.20. The fourth-order valence-electron chi connectivity index (χ4n) is 1.95. The van der Waals surface area contributed by atoms with E-state index in [1.165, 1.54) is 0 Å². The van der Waals surface area contributed by atoms with Crippen LogP contribution in [0, 0.1) is 5.92 Å². The molecule has 2 atom stereocenters. The van der Waals surface area contributed by atoms with Gasteiger partial charge in [-0.15, -0.1) is 0 Å². The first-order valence-electron chi connectivity index (χ1n) is 7.06. The molecule has 0 aromatic rings. The van der Waals surface area contributed by atoms with E-state index in [0.717, 1.165) is 6.54 Å². The Labute approximate surface area is 120 Å². The third kappa shape index (κ3) is 5.46. The summed E-state index contributed by atoms with van der Waals surface area (Å²) in [5.41, 5.74) is -0.586. The summed E-state index contributed by atoms with van der Waals surface area (Å²) >= 11 is 0. The SMILES string of the molecule is CC(C)C(NC(=O)OC(C)(C)C)C(=O)C1CNCCO1. The number of hydrogen-bond acceptors (Lipinski definition) is 5. The molecule has 2 N–H and O–H groups in total. The van der Waals surface area contributed by atoms with E-state index >= 15 is 0 Å². The summed E-state index contributed by atoms with van der Waals surface area (Å²) in [4.78, 5) is 24.2. The van der Waals surface area contributed by atoms with Crippen LogP contribution < -0.4 is 10.6 Å². The van der Waals surface area contributed by atoms with Crippen LogP contribution in [0.3, 0.4) is 0 Å². The highest BCUT2D eigenvalue weighted by Gasteiger charge is 2.33. The van der Waals surface area contributed by atoms with Crippen LogP contribution in [0.25, 0.3) is 0 Å². The molecule has 116 valence electrons. The Balaban J connectivity index is 2.63. The molecule has 0 radical (unpaired) electrons. The molecule has 1 heterocycles. The predicted molar refractivity (Wildman–Crippen MR) is 75.6 cm³/mol. The van der Waals surface area contributed by atoms with Crippen molar-refractivity contribution in [1.82, 2.24) is 10.6 Å². The number of Topliss-reactive ketones (excluding diaryl/α,β-unsaturated/α-hetero) is 1. The van der Waals surface area contributed by atoms with Gasteiger partial charge in [-0.05, 0) is 26.7 Å². The average molecular weight is 286 g/mol. The molecule has 0 aliphatic carbocycles. The predicted octanol–water partition coefficient (Wildman–Crippen LogP) is 1.09. The highest BCUT2D eigenvalue weighted by molar-refractivity contribution is 5.91. The minimum Gasteiger partial charge on any atom is -0.444 e. The summed E-state index contributed by atoms with van der Waals surface area (Å²) in [6, 6.07) is -0.602. The standard InChI is InChI=1S/C14H26N2O4/c1-9(2)11(16-13(18)20-14(3,4)5)12(17)10-8-15-6-7-19-10/h9-11,15H,6-8H2,1-5H3,(H,16,18). The van der Waals surface area contributed by atoms with Crippen LogP contribution in [0.2, 0.25) is 0 Å². The lowest BCUT2D eigenvalue weighted by atomic mass is 9.96. The first-order valence-corrected chi connectivity index (χ1v) is 7.06. The number of carbonyl (C=O) groups is 2. The summed E-state index contributed by atoms with van der Waals surface area (Å²) in [5, 5.41) is 5.76. The quantitative estimate of drug-likeness (QED) is 0.809. The Morgan fingerprint density at radius 1 is 1.35 bits per heavy atom. The lowest BCUT2D eigenvalue weighted by molar-refractivity contribution is -0.135. The van der Waals surface area contributed by atoms with Gasteiger partial charge in [0.1, 0.15) is 11.7 Å². The summed E-state index contributed by atoms with van der Waals surface area (Å²) in [6.07, 6.45) is -1.08. The van der Waals surface area contributed by atoms with Gasteiger partial charge in [-0.3, -0.25) is 4.79 Å². The maximum atomic E-state index is 12.4. The van der Waals surface area contributed by atoms with Crippen molar-refractivity contribution in [3.05, 3.63) is 0 Å². The first kappa shape index (κ1) is 16.9.